The quantitative estimate of drug-likeness (QED) is 0.351. The summed E-state index contributed by atoms with van der Waals surface area (Å²) >= 11 is 5.82. The molecule has 0 unspecified atom stereocenters. The largest absolute Gasteiger partial charge is 0.465 e. The number of rotatable bonds is 6. The molecule has 40 heavy (non-hydrogen) atoms. The van der Waals surface area contributed by atoms with E-state index in [1.54, 1.807) is 19.1 Å². The molecule has 10 heteroatoms. The number of amides is 1. The average Bonchev–Trinajstić information content (AvgIpc) is 2.89. The number of aryl methyl sites for hydroxylation is 2. The molecule has 0 atom stereocenters. The van der Waals surface area contributed by atoms with Crippen molar-refractivity contribution >= 4 is 40.7 Å². The molecule has 3 heterocycles. The Hall–Kier alpha value is -3.72. The fourth-order valence-electron chi connectivity index (χ4n) is 5.12. The number of anilines is 3. The summed E-state index contributed by atoms with van der Waals surface area (Å²) < 4.78 is 18.9. The molecule has 0 aliphatic carbocycles. The molecule has 0 saturated carbocycles. The van der Waals surface area contributed by atoms with Crippen LogP contribution < -0.4 is 10.2 Å². The first-order chi connectivity index (χ1) is 18.8. The van der Waals surface area contributed by atoms with Gasteiger partial charge in [-0.2, -0.15) is 0 Å². The summed E-state index contributed by atoms with van der Waals surface area (Å²) in [5, 5.41) is 3.25. The maximum Gasteiger partial charge on any atom is 0.339 e. The summed E-state index contributed by atoms with van der Waals surface area (Å²) in [6.07, 6.45) is 0. The summed E-state index contributed by atoms with van der Waals surface area (Å²) in [6.45, 7) is 13.3. The van der Waals surface area contributed by atoms with Gasteiger partial charge in [-0.1, -0.05) is 25.4 Å². The standard InChI is InChI=1S/C30H35ClFN5O3/c1-17(2)27-23(34-20-8-9-21(31)22(32)15-20)10-11-24(35-27)28(38)37-13-12-36(16-30(37,5)6)25-14-18(3)26(19(4)33-25)29(39)40-7/h8-11,14-15,17,34H,12-13,16H2,1-7H3. The first-order valence-corrected chi connectivity index (χ1v) is 13.6. The highest BCUT2D eigenvalue weighted by atomic mass is 35.5. The number of methoxy groups -OCH3 is 1. The fraction of sp³-hybridized carbons (Fsp3) is 0.400. The highest BCUT2D eigenvalue weighted by molar-refractivity contribution is 6.30. The molecule has 0 bridgehead atoms. The molecule has 0 spiro atoms. The monoisotopic (exact) mass is 567 g/mol. The Morgan fingerprint density at radius 2 is 1.82 bits per heavy atom. The van der Waals surface area contributed by atoms with Crippen LogP contribution in [0, 0.1) is 19.7 Å². The number of carbonyl (C=O) groups is 2. The summed E-state index contributed by atoms with van der Waals surface area (Å²) in [7, 11) is 1.36. The number of ether oxygens (including phenoxy) is 1. The second kappa shape index (κ2) is 11.4. The highest BCUT2D eigenvalue weighted by Crippen LogP contribution is 2.31. The lowest BCUT2D eigenvalue weighted by molar-refractivity contribution is 0.0506. The summed E-state index contributed by atoms with van der Waals surface area (Å²) in [5.74, 6) is -0.296. The van der Waals surface area contributed by atoms with Gasteiger partial charge in [0, 0.05) is 25.3 Å². The molecule has 8 nitrogen and oxygen atoms in total. The number of nitrogens with one attached hydrogen (secondary N) is 1. The van der Waals surface area contributed by atoms with Gasteiger partial charge < -0.3 is 19.9 Å². The van der Waals surface area contributed by atoms with Crippen LogP contribution in [-0.4, -0.2) is 59.0 Å². The predicted octanol–water partition coefficient (Wildman–Crippen LogP) is 6.28. The molecule has 4 rings (SSSR count). The van der Waals surface area contributed by atoms with Crippen LogP contribution in [0.1, 0.15) is 71.4 Å². The molecule has 1 fully saturated rings. The highest BCUT2D eigenvalue weighted by Gasteiger charge is 2.38. The van der Waals surface area contributed by atoms with Crippen molar-refractivity contribution in [2.75, 3.05) is 37.0 Å². The van der Waals surface area contributed by atoms with Crippen LogP contribution in [-0.2, 0) is 4.74 Å². The zero-order chi connectivity index (χ0) is 29.4. The van der Waals surface area contributed by atoms with Gasteiger partial charge in [-0.3, -0.25) is 4.79 Å². The predicted molar refractivity (Wildman–Crippen MR) is 155 cm³/mol. The summed E-state index contributed by atoms with van der Waals surface area (Å²) in [6, 6.07) is 9.91. The Morgan fingerprint density at radius 3 is 2.42 bits per heavy atom. The molecule has 1 saturated heterocycles. The number of nitrogens with zero attached hydrogens (tertiary/aromatic N) is 4. The maximum absolute atomic E-state index is 14.0. The third kappa shape index (κ3) is 5.89. The number of carbonyl (C=O) groups excluding carboxylic acids is 2. The van der Waals surface area contributed by atoms with Crippen LogP contribution in [0.25, 0.3) is 0 Å². The molecule has 3 aromatic rings. The van der Waals surface area contributed by atoms with E-state index in [1.807, 2.05) is 51.7 Å². The van der Waals surface area contributed by atoms with Gasteiger partial charge in [0.2, 0.25) is 0 Å². The number of hydrogen-bond acceptors (Lipinski definition) is 7. The van der Waals surface area contributed by atoms with Crippen LogP contribution in [0.15, 0.2) is 36.4 Å². The van der Waals surface area contributed by atoms with E-state index in [-0.39, 0.29) is 16.8 Å². The first-order valence-electron chi connectivity index (χ1n) is 13.2. The van der Waals surface area contributed by atoms with E-state index in [1.165, 1.54) is 19.2 Å². The van der Waals surface area contributed by atoms with Crippen molar-refractivity contribution in [2.24, 2.45) is 0 Å². The van der Waals surface area contributed by atoms with E-state index in [2.05, 4.69) is 15.2 Å². The van der Waals surface area contributed by atoms with E-state index in [0.29, 0.717) is 53.7 Å². The van der Waals surface area contributed by atoms with Crippen molar-refractivity contribution in [1.29, 1.82) is 0 Å². The van der Waals surface area contributed by atoms with Gasteiger partial charge >= 0.3 is 5.97 Å². The zero-order valence-electron chi connectivity index (χ0n) is 23.9. The minimum Gasteiger partial charge on any atom is -0.465 e. The Labute approximate surface area is 239 Å². The second-order valence-corrected chi connectivity index (χ2v) is 11.4. The lowest BCUT2D eigenvalue weighted by atomic mass is 9.97. The number of esters is 1. The van der Waals surface area contributed by atoms with Gasteiger partial charge in [-0.05, 0) is 75.6 Å². The molecule has 1 aromatic carbocycles. The van der Waals surface area contributed by atoms with E-state index >= 15 is 0 Å². The molecular weight excluding hydrogens is 533 g/mol. The Balaban J connectivity index is 1.55. The minimum absolute atomic E-state index is 0.0165. The molecule has 1 aliphatic heterocycles. The molecule has 1 N–H and O–H groups in total. The number of benzene rings is 1. The maximum atomic E-state index is 14.0. The van der Waals surface area contributed by atoms with Gasteiger partial charge in [0.1, 0.15) is 17.3 Å². The Morgan fingerprint density at radius 1 is 1.10 bits per heavy atom. The third-order valence-electron chi connectivity index (χ3n) is 7.13. The van der Waals surface area contributed by atoms with Gasteiger partial charge in [-0.15, -0.1) is 0 Å². The lowest BCUT2D eigenvalue weighted by Gasteiger charge is -2.47. The van der Waals surface area contributed by atoms with E-state index in [4.69, 9.17) is 21.3 Å². The van der Waals surface area contributed by atoms with Gasteiger partial charge in [0.05, 0.1) is 40.3 Å². The van der Waals surface area contributed by atoms with Crippen LogP contribution in [0.2, 0.25) is 5.02 Å². The summed E-state index contributed by atoms with van der Waals surface area (Å²) in [5.41, 5.74) is 3.67. The smallest absolute Gasteiger partial charge is 0.339 e. The second-order valence-electron chi connectivity index (χ2n) is 11.0. The number of piperazine rings is 1. The van der Waals surface area contributed by atoms with E-state index < -0.39 is 17.3 Å². The Kier molecular flexibility index (Phi) is 8.35. The first kappa shape index (κ1) is 29.3. The number of aromatic nitrogens is 2. The fourth-order valence-corrected chi connectivity index (χ4v) is 5.24. The van der Waals surface area contributed by atoms with Crippen molar-refractivity contribution in [1.82, 2.24) is 14.9 Å². The van der Waals surface area contributed by atoms with Crippen molar-refractivity contribution in [3.8, 4) is 0 Å². The molecular formula is C30H35ClFN5O3. The molecule has 1 amide bonds. The van der Waals surface area contributed by atoms with Gasteiger partial charge in [0.25, 0.3) is 5.91 Å². The third-order valence-corrected chi connectivity index (χ3v) is 7.44. The molecule has 212 valence electrons. The van der Waals surface area contributed by atoms with Gasteiger partial charge in [-0.25, -0.2) is 19.2 Å². The topological polar surface area (TPSA) is 87.7 Å². The van der Waals surface area contributed by atoms with Crippen LogP contribution in [0.3, 0.4) is 0 Å². The van der Waals surface area contributed by atoms with Crippen molar-refractivity contribution in [2.45, 2.75) is 53.0 Å². The summed E-state index contributed by atoms with van der Waals surface area (Å²) in [4.78, 5) is 39.3. The van der Waals surface area contributed by atoms with Crippen LogP contribution in [0.5, 0.6) is 0 Å². The normalized spacial score (nSPS) is 14.8. The number of hydrogen-bond donors (Lipinski definition) is 1. The number of pyridine rings is 2. The Bertz CT molecular complexity index is 1440. The van der Waals surface area contributed by atoms with Crippen LogP contribution >= 0.6 is 11.6 Å². The molecule has 0 radical (unpaired) electrons. The van der Waals surface area contributed by atoms with Gasteiger partial charge in [0.15, 0.2) is 0 Å². The minimum atomic E-state index is -0.517. The average molecular weight is 568 g/mol. The SMILES string of the molecule is COC(=O)c1c(C)cc(N2CCN(C(=O)c3ccc(Nc4ccc(Cl)c(F)c4)c(C(C)C)n3)C(C)(C)C2)nc1C. The van der Waals surface area contributed by atoms with Crippen molar-refractivity contribution < 1.29 is 18.7 Å². The number of halogens is 2. The van der Waals surface area contributed by atoms with E-state index in [9.17, 15) is 14.0 Å². The zero-order valence-corrected chi connectivity index (χ0v) is 24.7. The van der Waals surface area contributed by atoms with Crippen molar-refractivity contribution in [3.63, 3.8) is 0 Å². The lowest BCUT2D eigenvalue weighted by Crippen LogP contribution is -2.61. The molecule has 2 aromatic heterocycles. The van der Waals surface area contributed by atoms with Crippen molar-refractivity contribution in [3.05, 3.63) is 75.4 Å². The van der Waals surface area contributed by atoms with Crippen LogP contribution in [0.4, 0.5) is 21.6 Å². The molecule has 1 aliphatic rings. The van der Waals surface area contributed by atoms with E-state index in [0.717, 1.165) is 11.4 Å².